The summed E-state index contributed by atoms with van der Waals surface area (Å²) in [6.07, 6.45) is 0. The minimum Gasteiger partial charge on any atom is -0.477 e. The topological polar surface area (TPSA) is 111 Å². The van der Waals surface area contributed by atoms with Crippen LogP contribution < -0.4 is 10.0 Å². The van der Waals surface area contributed by atoms with E-state index >= 15 is 0 Å². The number of benzene rings is 1. The molecule has 1 aliphatic rings. The molecular formula is C16H13N3O4S3. The van der Waals surface area contributed by atoms with Crippen molar-refractivity contribution in [2.75, 3.05) is 4.72 Å². The van der Waals surface area contributed by atoms with E-state index < -0.39 is 16.0 Å². The van der Waals surface area contributed by atoms with E-state index in [9.17, 15) is 13.2 Å². The number of hydrogen-bond acceptors (Lipinski definition) is 6. The van der Waals surface area contributed by atoms with Crippen molar-refractivity contribution >= 4 is 55.7 Å². The summed E-state index contributed by atoms with van der Waals surface area (Å²) in [5.74, 6) is -1.01. The van der Waals surface area contributed by atoms with Gasteiger partial charge >= 0.3 is 5.97 Å². The van der Waals surface area contributed by atoms with Crippen molar-refractivity contribution in [3.05, 3.63) is 58.6 Å². The Kier molecular flexibility index (Phi) is 4.17. The molecule has 1 unspecified atom stereocenters. The molecule has 1 aliphatic heterocycles. The molecule has 10 heteroatoms. The molecule has 1 aromatic carbocycles. The number of rotatable bonds is 5. The first-order valence-corrected chi connectivity index (χ1v) is 10.8. The van der Waals surface area contributed by atoms with E-state index in [0.29, 0.717) is 11.2 Å². The Labute approximate surface area is 157 Å². The second-order valence-corrected chi connectivity index (χ2v) is 9.37. The molecule has 0 spiro atoms. The van der Waals surface area contributed by atoms with Gasteiger partial charge in [0.25, 0.3) is 10.0 Å². The number of nitrogens with one attached hydrogen (secondary N) is 3. The minimum absolute atomic E-state index is 0.136. The first-order chi connectivity index (χ1) is 12.4. The van der Waals surface area contributed by atoms with Gasteiger partial charge in [-0.1, -0.05) is 18.2 Å². The molecule has 0 saturated heterocycles. The standard InChI is InChI=1S/C16H13N3O4S3/c20-16(21)12-8-25-15(18-12)11-7-9-3-1-4-10(14(9)17-11)19-26(22,23)13-5-2-6-24-13/h1-8,15,17-19H,(H,20,21). The summed E-state index contributed by atoms with van der Waals surface area (Å²) in [6.45, 7) is 0. The summed E-state index contributed by atoms with van der Waals surface area (Å²) in [5.41, 5.74) is 1.99. The third-order valence-electron chi connectivity index (χ3n) is 3.80. The lowest BCUT2D eigenvalue weighted by atomic mass is 10.2. The SMILES string of the molecule is O=C(O)C1=CSC(c2cc3cccc(NS(=O)(=O)c4cccs4)c3[nH]2)N1. The van der Waals surface area contributed by atoms with Gasteiger partial charge in [0.2, 0.25) is 0 Å². The monoisotopic (exact) mass is 407 g/mol. The fraction of sp³-hybridized carbons (Fsp3) is 0.0625. The number of para-hydroxylation sites is 1. The predicted octanol–water partition coefficient (Wildman–Crippen LogP) is 3.29. The van der Waals surface area contributed by atoms with Crippen LogP contribution in [0, 0.1) is 0 Å². The normalized spacial score (nSPS) is 17.1. The number of hydrogen-bond donors (Lipinski definition) is 4. The van der Waals surface area contributed by atoms with Crippen molar-refractivity contribution in [1.29, 1.82) is 0 Å². The number of fused-ring (bicyclic) bond motifs is 1. The maximum atomic E-state index is 12.5. The zero-order valence-corrected chi connectivity index (χ0v) is 15.5. The fourth-order valence-electron chi connectivity index (χ4n) is 2.62. The largest absolute Gasteiger partial charge is 0.477 e. The van der Waals surface area contributed by atoms with Crippen LogP contribution in [0.2, 0.25) is 0 Å². The average molecular weight is 407 g/mol. The van der Waals surface area contributed by atoms with Crippen LogP contribution in [0.5, 0.6) is 0 Å². The molecule has 1 atom stereocenters. The van der Waals surface area contributed by atoms with Crippen LogP contribution in [0.15, 0.2) is 57.1 Å². The molecule has 134 valence electrons. The second kappa shape index (κ2) is 6.38. The molecule has 0 fully saturated rings. The van der Waals surface area contributed by atoms with Gasteiger partial charge in [0.05, 0.1) is 11.2 Å². The number of carboxylic acid groups (broad SMARTS) is 1. The third kappa shape index (κ3) is 3.06. The fourth-order valence-corrected chi connectivity index (χ4v) is 5.60. The van der Waals surface area contributed by atoms with Gasteiger partial charge in [-0.25, -0.2) is 13.2 Å². The van der Waals surface area contributed by atoms with Crippen molar-refractivity contribution in [2.24, 2.45) is 0 Å². The number of thiophene rings is 1. The maximum Gasteiger partial charge on any atom is 0.352 e. The van der Waals surface area contributed by atoms with Gasteiger partial charge in [-0.05, 0) is 23.6 Å². The molecule has 0 amide bonds. The summed E-state index contributed by atoms with van der Waals surface area (Å²) in [4.78, 5) is 14.2. The predicted molar refractivity (Wildman–Crippen MR) is 103 cm³/mol. The summed E-state index contributed by atoms with van der Waals surface area (Å²) in [6, 6.07) is 10.4. The number of aromatic amines is 1. The van der Waals surface area contributed by atoms with Crippen LogP contribution in [0.4, 0.5) is 5.69 Å². The lowest BCUT2D eigenvalue weighted by Gasteiger charge is -2.09. The summed E-state index contributed by atoms with van der Waals surface area (Å²) < 4.78 is 27.8. The highest BCUT2D eigenvalue weighted by molar-refractivity contribution is 8.02. The van der Waals surface area contributed by atoms with Gasteiger partial charge in [-0.2, -0.15) is 0 Å². The number of sulfonamides is 1. The van der Waals surface area contributed by atoms with Crippen LogP contribution in [0.3, 0.4) is 0 Å². The van der Waals surface area contributed by atoms with E-state index in [4.69, 9.17) is 5.11 Å². The zero-order valence-electron chi connectivity index (χ0n) is 13.1. The zero-order chi connectivity index (χ0) is 18.3. The van der Waals surface area contributed by atoms with Gasteiger partial charge < -0.3 is 15.4 Å². The number of aromatic nitrogens is 1. The third-order valence-corrected chi connectivity index (χ3v) is 7.58. The minimum atomic E-state index is -3.65. The van der Waals surface area contributed by atoms with Gasteiger partial charge in [0.15, 0.2) is 0 Å². The van der Waals surface area contributed by atoms with E-state index in [1.807, 2.05) is 12.1 Å². The number of H-pyrrole nitrogens is 1. The number of thioether (sulfide) groups is 1. The molecule has 26 heavy (non-hydrogen) atoms. The van der Waals surface area contributed by atoms with E-state index in [1.54, 1.807) is 35.1 Å². The quantitative estimate of drug-likeness (QED) is 0.516. The molecule has 3 heterocycles. The molecule has 0 saturated carbocycles. The number of carbonyl (C=O) groups is 1. The molecule has 0 radical (unpaired) electrons. The van der Waals surface area contributed by atoms with Gasteiger partial charge in [0, 0.05) is 16.5 Å². The van der Waals surface area contributed by atoms with Gasteiger partial charge in [-0.15, -0.1) is 23.1 Å². The molecule has 0 aliphatic carbocycles. The molecule has 2 aromatic heterocycles. The highest BCUT2D eigenvalue weighted by Gasteiger charge is 2.24. The summed E-state index contributed by atoms with van der Waals surface area (Å²) >= 11 is 2.49. The van der Waals surface area contributed by atoms with Crippen LogP contribution in [0.25, 0.3) is 10.9 Å². The first kappa shape index (κ1) is 17.0. The number of carboxylic acids is 1. The molecule has 4 rings (SSSR count). The van der Waals surface area contributed by atoms with Crippen molar-refractivity contribution in [3.63, 3.8) is 0 Å². The Balaban J connectivity index is 1.66. The Morgan fingerprint density at radius 3 is 2.77 bits per heavy atom. The lowest BCUT2D eigenvalue weighted by molar-refractivity contribution is -0.133. The molecule has 7 nitrogen and oxygen atoms in total. The van der Waals surface area contributed by atoms with E-state index in [2.05, 4.69) is 15.0 Å². The van der Waals surface area contributed by atoms with Gasteiger partial charge in [-0.3, -0.25) is 4.72 Å². The van der Waals surface area contributed by atoms with Crippen LogP contribution in [-0.4, -0.2) is 24.5 Å². The maximum absolute atomic E-state index is 12.5. The highest BCUT2D eigenvalue weighted by Crippen LogP contribution is 2.36. The Bertz CT molecular complexity index is 1120. The summed E-state index contributed by atoms with van der Waals surface area (Å²) in [7, 11) is -3.65. The Morgan fingerprint density at radius 2 is 2.08 bits per heavy atom. The Hall–Kier alpha value is -2.43. The van der Waals surface area contributed by atoms with Gasteiger partial charge in [0.1, 0.15) is 15.3 Å². The highest BCUT2D eigenvalue weighted by atomic mass is 32.2. The van der Waals surface area contributed by atoms with E-state index in [1.165, 1.54) is 11.8 Å². The van der Waals surface area contributed by atoms with Crippen LogP contribution in [-0.2, 0) is 14.8 Å². The van der Waals surface area contributed by atoms with Crippen molar-refractivity contribution < 1.29 is 18.3 Å². The van der Waals surface area contributed by atoms with E-state index in [0.717, 1.165) is 22.4 Å². The molecule has 4 N–H and O–H groups in total. The number of anilines is 1. The number of aliphatic carboxylic acids is 1. The van der Waals surface area contributed by atoms with Crippen molar-refractivity contribution in [2.45, 2.75) is 9.58 Å². The Morgan fingerprint density at radius 1 is 1.23 bits per heavy atom. The smallest absolute Gasteiger partial charge is 0.352 e. The van der Waals surface area contributed by atoms with Crippen LogP contribution in [0.1, 0.15) is 11.1 Å². The lowest BCUT2D eigenvalue weighted by Crippen LogP contribution is -2.18. The molecule has 0 bridgehead atoms. The first-order valence-electron chi connectivity index (χ1n) is 7.47. The van der Waals surface area contributed by atoms with Crippen molar-refractivity contribution in [1.82, 2.24) is 10.3 Å². The van der Waals surface area contributed by atoms with Crippen molar-refractivity contribution in [3.8, 4) is 0 Å². The average Bonchev–Trinajstić information content (AvgIpc) is 3.33. The second-order valence-electron chi connectivity index (χ2n) is 5.53. The van der Waals surface area contributed by atoms with Crippen LogP contribution >= 0.6 is 23.1 Å². The van der Waals surface area contributed by atoms with E-state index in [-0.39, 0.29) is 15.3 Å². The molecule has 3 aromatic rings. The summed E-state index contributed by atoms with van der Waals surface area (Å²) in [5, 5.41) is 15.8. The molecular weight excluding hydrogens is 394 g/mol.